The zero-order valence-corrected chi connectivity index (χ0v) is 7.44. The van der Waals surface area contributed by atoms with Crippen molar-refractivity contribution < 1.29 is 0 Å². The largest absolute Gasteiger partial charge is 0.256 e. The fraction of sp³-hybridized carbons (Fsp3) is 0.0909. The standard InChI is InChI=1S/C11H10N2/c1-2-5-10-6-4-9-13-11(10)7-3-8-12/h2-7,9H,1H3. The van der Waals surface area contributed by atoms with E-state index in [0.29, 0.717) is 0 Å². The Labute approximate surface area is 77.9 Å². The molecule has 0 spiro atoms. The third-order valence-electron chi connectivity index (χ3n) is 1.53. The maximum absolute atomic E-state index is 8.37. The van der Waals surface area contributed by atoms with Crippen molar-refractivity contribution in [2.45, 2.75) is 6.92 Å². The van der Waals surface area contributed by atoms with Crippen LogP contribution in [0, 0.1) is 11.3 Å². The number of pyridine rings is 1. The molecule has 0 aliphatic carbocycles. The Morgan fingerprint density at radius 1 is 1.46 bits per heavy atom. The molecule has 1 rings (SSSR count). The molecule has 0 aromatic carbocycles. The molecule has 1 aromatic heterocycles. The highest BCUT2D eigenvalue weighted by atomic mass is 14.7. The molecular formula is C11H10N2. The molecule has 0 amide bonds. The van der Waals surface area contributed by atoms with Gasteiger partial charge in [-0.3, -0.25) is 4.98 Å². The Bertz CT molecular complexity index is 370. The van der Waals surface area contributed by atoms with Gasteiger partial charge in [-0.1, -0.05) is 18.2 Å². The Hall–Kier alpha value is -1.88. The molecule has 0 bridgehead atoms. The van der Waals surface area contributed by atoms with Crippen molar-refractivity contribution in [2.24, 2.45) is 0 Å². The smallest absolute Gasteiger partial charge is 0.0912 e. The normalized spacial score (nSPS) is 10.8. The van der Waals surface area contributed by atoms with Gasteiger partial charge in [0.15, 0.2) is 0 Å². The summed E-state index contributed by atoms with van der Waals surface area (Å²) in [5.74, 6) is 0. The SMILES string of the molecule is CC=Cc1cccnc1C=CC#N. The van der Waals surface area contributed by atoms with E-state index in [1.54, 1.807) is 12.3 Å². The first-order chi connectivity index (χ1) is 6.38. The lowest BCUT2D eigenvalue weighted by molar-refractivity contribution is 1.28. The second-order valence-electron chi connectivity index (χ2n) is 2.44. The van der Waals surface area contributed by atoms with Gasteiger partial charge in [0.2, 0.25) is 0 Å². The molecule has 13 heavy (non-hydrogen) atoms. The number of rotatable bonds is 2. The van der Waals surface area contributed by atoms with Crippen LogP contribution in [0.5, 0.6) is 0 Å². The number of nitriles is 1. The van der Waals surface area contributed by atoms with Crippen LogP contribution in [0.1, 0.15) is 18.2 Å². The van der Waals surface area contributed by atoms with Crippen molar-refractivity contribution >= 4 is 12.2 Å². The van der Waals surface area contributed by atoms with Crippen molar-refractivity contribution in [3.63, 3.8) is 0 Å². The van der Waals surface area contributed by atoms with Crippen LogP contribution in [0.25, 0.3) is 12.2 Å². The average Bonchev–Trinajstić information content (AvgIpc) is 2.17. The minimum atomic E-state index is 0.821. The highest BCUT2D eigenvalue weighted by molar-refractivity contribution is 5.62. The minimum Gasteiger partial charge on any atom is -0.256 e. The van der Waals surface area contributed by atoms with Gasteiger partial charge in [-0.25, -0.2) is 0 Å². The second kappa shape index (κ2) is 4.89. The van der Waals surface area contributed by atoms with Crippen LogP contribution in [-0.2, 0) is 0 Å². The fourth-order valence-corrected chi connectivity index (χ4v) is 1.01. The van der Waals surface area contributed by atoms with Crippen LogP contribution in [0.15, 0.2) is 30.5 Å². The molecule has 2 heteroatoms. The Morgan fingerprint density at radius 3 is 3.00 bits per heavy atom. The molecule has 0 N–H and O–H groups in total. The van der Waals surface area contributed by atoms with Crippen LogP contribution in [0.3, 0.4) is 0 Å². The lowest BCUT2D eigenvalue weighted by Gasteiger charge is -1.96. The number of nitrogens with zero attached hydrogens (tertiary/aromatic N) is 2. The summed E-state index contributed by atoms with van der Waals surface area (Å²) in [5.41, 5.74) is 1.85. The molecule has 0 radical (unpaired) electrons. The van der Waals surface area contributed by atoms with E-state index in [1.807, 2.05) is 37.3 Å². The highest BCUT2D eigenvalue weighted by Crippen LogP contribution is 2.08. The molecule has 0 atom stereocenters. The van der Waals surface area contributed by atoms with E-state index in [9.17, 15) is 0 Å². The zero-order chi connectivity index (χ0) is 9.52. The summed E-state index contributed by atoms with van der Waals surface area (Å²) < 4.78 is 0. The van der Waals surface area contributed by atoms with E-state index >= 15 is 0 Å². The van der Waals surface area contributed by atoms with Crippen LogP contribution < -0.4 is 0 Å². The molecule has 0 saturated carbocycles. The van der Waals surface area contributed by atoms with Crippen LogP contribution in [0.2, 0.25) is 0 Å². The van der Waals surface area contributed by atoms with Crippen molar-refractivity contribution in [2.75, 3.05) is 0 Å². The summed E-state index contributed by atoms with van der Waals surface area (Å²) in [6.45, 7) is 1.95. The first-order valence-corrected chi connectivity index (χ1v) is 4.02. The van der Waals surface area contributed by atoms with Gasteiger partial charge < -0.3 is 0 Å². The van der Waals surface area contributed by atoms with E-state index in [4.69, 9.17) is 5.26 Å². The predicted molar refractivity (Wildman–Crippen MR) is 53.6 cm³/mol. The molecular weight excluding hydrogens is 160 g/mol. The Morgan fingerprint density at radius 2 is 2.31 bits per heavy atom. The van der Waals surface area contributed by atoms with Gasteiger partial charge in [-0.15, -0.1) is 0 Å². The molecule has 1 aromatic rings. The predicted octanol–water partition coefficient (Wildman–Crippen LogP) is 2.65. The lowest BCUT2D eigenvalue weighted by atomic mass is 10.1. The van der Waals surface area contributed by atoms with Crippen molar-refractivity contribution in [1.29, 1.82) is 5.26 Å². The van der Waals surface area contributed by atoms with Gasteiger partial charge in [-0.05, 0) is 24.6 Å². The monoisotopic (exact) mass is 170 g/mol. The van der Waals surface area contributed by atoms with Gasteiger partial charge >= 0.3 is 0 Å². The number of aromatic nitrogens is 1. The number of hydrogen-bond donors (Lipinski definition) is 0. The molecule has 1 heterocycles. The Balaban J connectivity index is 3.06. The molecule has 0 unspecified atom stereocenters. The summed E-state index contributed by atoms with van der Waals surface area (Å²) in [5, 5.41) is 8.37. The number of allylic oxidation sites excluding steroid dienone is 2. The summed E-state index contributed by atoms with van der Waals surface area (Å²) in [7, 11) is 0. The maximum Gasteiger partial charge on any atom is 0.0912 e. The van der Waals surface area contributed by atoms with Crippen molar-refractivity contribution in [3.05, 3.63) is 41.7 Å². The van der Waals surface area contributed by atoms with Crippen molar-refractivity contribution in [1.82, 2.24) is 4.98 Å². The van der Waals surface area contributed by atoms with Gasteiger partial charge in [-0.2, -0.15) is 5.26 Å². The van der Waals surface area contributed by atoms with Crippen LogP contribution >= 0.6 is 0 Å². The van der Waals surface area contributed by atoms with E-state index in [0.717, 1.165) is 11.3 Å². The van der Waals surface area contributed by atoms with Crippen molar-refractivity contribution in [3.8, 4) is 6.07 Å². The first-order valence-electron chi connectivity index (χ1n) is 4.02. The minimum absolute atomic E-state index is 0.821. The molecule has 0 aliphatic rings. The topological polar surface area (TPSA) is 36.7 Å². The van der Waals surface area contributed by atoms with Gasteiger partial charge in [0.1, 0.15) is 0 Å². The lowest BCUT2D eigenvalue weighted by Crippen LogP contribution is -1.84. The molecule has 0 saturated heterocycles. The quantitative estimate of drug-likeness (QED) is 0.640. The molecule has 0 aliphatic heterocycles. The summed E-state index contributed by atoms with van der Waals surface area (Å²) in [6.07, 6.45) is 8.75. The third-order valence-corrected chi connectivity index (χ3v) is 1.53. The van der Waals surface area contributed by atoms with Crippen LogP contribution in [-0.4, -0.2) is 4.98 Å². The summed E-state index contributed by atoms with van der Waals surface area (Å²) in [6, 6.07) is 5.78. The molecule has 64 valence electrons. The van der Waals surface area contributed by atoms with Gasteiger partial charge in [0.25, 0.3) is 0 Å². The van der Waals surface area contributed by atoms with E-state index in [-0.39, 0.29) is 0 Å². The summed E-state index contributed by atoms with van der Waals surface area (Å²) >= 11 is 0. The average molecular weight is 170 g/mol. The van der Waals surface area contributed by atoms with E-state index in [1.165, 1.54) is 6.08 Å². The molecule has 2 nitrogen and oxygen atoms in total. The van der Waals surface area contributed by atoms with Gasteiger partial charge in [0, 0.05) is 12.3 Å². The van der Waals surface area contributed by atoms with E-state index in [2.05, 4.69) is 4.98 Å². The zero-order valence-electron chi connectivity index (χ0n) is 7.44. The fourth-order valence-electron chi connectivity index (χ4n) is 1.01. The van der Waals surface area contributed by atoms with Gasteiger partial charge in [0.05, 0.1) is 11.8 Å². The number of hydrogen-bond acceptors (Lipinski definition) is 2. The maximum atomic E-state index is 8.37. The second-order valence-corrected chi connectivity index (χ2v) is 2.44. The highest BCUT2D eigenvalue weighted by Gasteiger charge is 1.93. The molecule has 0 fully saturated rings. The summed E-state index contributed by atoms with van der Waals surface area (Å²) in [4.78, 5) is 4.15. The first kappa shape index (κ1) is 9.21. The van der Waals surface area contributed by atoms with Crippen LogP contribution in [0.4, 0.5) is 0 Å². The Kier molecular flexibility index (Phi) is 3.46. The third kappa shape index (κ3) is 2.57. The van der Waals surface area contributed by atoms with E-state index < -0.39 is 0 Å².